The Morgan fingerprint density at radius 2 is 2.26 bits per heavy atom. The van der Waals surface area contributed by atoms with Crippen LogP contribution >= 0.6 is 11.3 Å². The Morgan fingerprint density at radius 3 is 2.89 bits per heavy atom. The third kappa shape index (κ3) is 3.63. The highest BCUT2D eigenvalue weighted by Gasteiger charge is 2.17. The zero-order valence-electron chi connectivity index (χ0n) is 9.70. The van der Waals surface area contributed by atoms with Crippen molar-refractivity contribution >= 4 is 29.0 Å². The number of nitrogens with zero attached hydrogens (tertiary/aromatic N) is 1. The zero-order chi connectivity index (χ0) is 13.7. The van der Waals surface area contributed by atoms with Gasteiger partial charge in [0, 0.05) is 17.5 Å². The van der Waals surface area contributed by atoms with E-state index in [1.165, 1.54) is 23.7 Å². The lowest BCUT2D eigenvalue weighted by atomic mass is 10.3. The number of carbonyl (C=O) groups excluding carboxylic acids is 2. The summed E-state index contributed by atoms with van der Waals surface area (Å²) < 4.78 is 4.51. The van der Waals surface area contributed by atoms with Crippen LogP contribution in [0.5, 0.6) is 0 Å². The van der Waals surface area contributed by atoms with Crippen LogP contribution in [0.1, 0.15) is 11.0 Å². The molecule has 2 rings (SSSR count). The minimum Gasteiger partial charge on any atom is -0.386 e. The number of hydrogen-bond donors (Lipinski definition) is 3. The summed E-state index contributed by atoms with van der Waals surface area (Å²) in [5.74, 6) is -1.56. The van der Waals surface area contributed by atoms with E-state index in [-0.39, 0.29) is 12.4 Å². The Morgan fingerprint density at radius 1 is 1.42 bits per heavy atom. The van der Waals surface area contributed by atoms with Crippen molar-refractivity contribution in [2.75, 3.05) is 11.9 Å². The van der Waals surface area contributed by atoms with Crippen LogP contribution in [0.15, 0.2) is 34.4 Å². The van der Waals surface area contributed by atoms with Crippen molar-refractivity contribution < 1.29 is 19.2 Å². The number of carbonyl (C=O) groups is 2. The van der Waals surface area contributed by atoms with Crippen LogP contribution in [0.25, 0.3) is 0 Å². The van der Waals surface area contributed by atoms with Crippen molar-refractivity contribution in [2.24, 2.45) is 0 Å². The number of thiophene rings is 1. The highest BCUT2D eigenvalue weighted by Crippen LogP contribution is 2.17. The fourth-order valence-corrected chi connectivity index (χ4v) is 2.01. The summed E-state index contributed by atoms with van der Waals surface area (Å²) in [6.07, 6.45) is 0.442. The van der Waals surface area contributed by atoms with E-state index in [9.17, 15) is 14.7 Å². The Bertz CT molecular complexity index is 538. The van der Waals surface area contributed by atoms with Crippen LogP contribution in [0, 0.1) is 0 Å². The van der Waals surface area contributed by atoms with Crippen LogP contribution in [0.2, 0.25) is 0 Å². The average Bonchev–Trinajstić information content (AvgIpc) is 3.07. The third-order valence-electron chi connectivity index (χ3n) is 2.21. The molecule has 0 radical (unpaired) electrons. The smallest absolute Gasteiger partial charge is 0.314 e. The molecule has 0 bridgehead atoms. The predicted molar refractivity (Wildman–Crippen MR) is 67.4 cm³/mol. The topological polar surface area (TPSA) is 104 Å². The molecule has 2 heterocycles. The van der Waals surface area contributed by atoms with Crippen molar-refractivity contribution in [1.82, 2.24) is 10.5 Å². The van der Waals surface area contributed by atoms with E-state index in [1.807, 2.05) is 5.38 Å². The molecule has 2 aromatic heterocycles. The van der Waals surface area contributed by atoms with Crippen LogP contribution in [0.3, 0.4) is 0 Å². The number of aromatic nitrogens is 1. The Balaban J connectivity index is 1.79. The Labute approximate surface area is 112 Å². The standard InChI is InChI=1S/C11H11N3O4S/c15-7(8-2-1-5-19-8)6-12-10(16)11(17)13-9-3-4-18-14-9/h1-5,7,15H,6H2,(H,12,16)(H,13,14,17). The van der Waals surface area contributed by atoms with Gasteiger partial charge in [0.15, 0.2) is 5.82 Å². The molecule has 2 amide bonds. The lowest BCUT2D eigenvalue weighted by Gasteiger charge is -2.09. The highest BCUT2D eigenvalue weighted by atomic mass is 32.1. The molecule has 0 aliphatic rings. The SMILES string of the molecule is O=C(NCC(O)c1cccs1)C(=O)Nc1ccon1. The molecule has 0 fully saturated rings. The van der Waals surface area contributed by atoms with Gasteiger partial charge in [0.2, 0.25) is 0 Å². The molecular formula is C11H11N3O4S. The number of anilines is 1. The van der Waals surface area contributed by atoms with E-state index in [0.29, 0.717) is 0 Å². The quantitative estimate of drug-likeness (QED) is 0.709. The van der Waals surface area contributed by atoms with E-state index in [2.05, 4.69) is 20.3 Å². The molecule has 8 heteroatoms. The maximum Gasteiger partial charge on any atom is 0.314 e. The largest absolute Gasteiger partial charge is 0.386 e. The summed E-state index contributed by atoms with van der Waals surface area (Å²) in [5.41, 5.74) is 0. The summed E-state index contributed by atoms with van der Waals surface area (Å²) in [6.45, 7) is -0.0361. The van der Waals surface area contributed by atoms with Gasteiger partial charge in [-0.1, -0.05) is 11.2 Å². The first kappa shape index (κ1) is 13.2. The molecular weight excluding hydrogens is 270 g/mol. The zero-order valence-corrected chi connectivity index (χ0v) is 10.5. The second-order valence-electron chi connectivity index (χ2n) is 3.58. The molecule has 0 saturated carbocycles. The van der Waals surface area contributed by atoms with E-state index >= 15 is 0 Å². The van der Waals surface area contributed by atoms with Crippen molar-refractivity contribution in [1.29, 1.82) is 0 Å². The lowest BCUT2D eigenvalue weighted by Crippen LogP contribution is -2.37. The van der Waals surface area contributed by atoms with Gasteiger partial charge >= 0.3 is 11.8 Å². The van der Waals surface area contributed by atoms with Crippen LogP contribution in [-0.4, -0.2) is 28.6 Å². The first-order valence-corrected chi connectivity index (χ1v) is 6.26. The van der Waals surface area contributed by atoms with Crippen LogP contribution in [0.4, 0.5) is 5.82 Å². The molecule has 100 valence electrons. The molecule has 0 saturated heterocycles. The summed E-state index contributed by atoms with van der Waals surface area (Å²) in [7, 11) is 0. The number of aliphatic hydroxyl groups excluding tert-OH is 1. The fourth-order valence-electron chi connectivity index (χ4n) is 1.30. The normalized spacial score (nSPS) is 11.8. The second kappa shape index (κ2) is 6.12. The van der Waals surface area contributed by atoms with Crippen molar-refractivity contribution in [3.8, 4) is 0 Å². The molecule has 3 N–H and O–H groups in total. The predicted octanol–water partition coefficient (Wildman–Crippen LogP) is 0.524. The Kier molecular flexibility index (Phi) is 4.26. The van der Waals surface area contributed by atoms with Gasteiger partial charge in [-0.15, -0.1) is 11.3 Å². The molecule has 0 aliphatic heterocycles. The molecule has 7 nitrogen and oxygen atoms in total. The maximum absolute atomic E-state index is 11.5. The molecule has 0 aromatic carbocycles. The molecule has 19 heavy (non-hydrogen) atoms. The number of nitrogens with one attached hydrogen (secondary N) is 2. The maximum atomic E-state index is 11.5. The summed E-state index contributed by atoms with van der Waals surface area (Å²) >= 11 is 1.37. The van der Waals surface area contributed by atoms with E-state index < -0.39 is 17.9 Å². The van der Waals surface area contributed by atoms with Gasteiger partial charge in [-0.3, -0.25) is 14.9 Å². The lowest BCUT2D eigenvalue weighted by molar-refractivity contribution is -0.136. The minimum atomic E-state index is -0.868. The minimum absolute atomic E-state index is 0.0361. The molecule has 1 unspecified atom stereocenters. The van der Waals surface area contributed by atoms with Crippen LogP contribution in [-0.2, 0) is 9.59 Å². The first-order chi connectivity index (χ1) is 9.16. The highest BCUT2D eigenvalue weighted by molar-refractivity contribution is 7.10. The van der Waals surface area contributed by atoms with Crippen molar-refractivity contribution in [3.05, 3.63) is 34.7 Å². The monoisotopic (exact) mass is 281 g/mol. The molecule has 2 aromatic rings. The van der Waals surface area contributed by atoms with E-state index in [4.69, 9.17) is 0 Å². The number of aliphatic hydroxyl groups is 1. The summed E-state index contributed by atoms with van der Waals surface area (Å²) in [4.78, 5) is 23.6. The van der Waals surface area contributed by atoms with Crippen molar-refractivity contribution in [3.63, 3.8) is 0 Å². The van der Waals surface area contributed by atoms with Gasteiger partial charge < -0.3 is 14.9 Å². The summed E-state index contributed by atoms with van der Waals surface area (Å²) in [5, 5.41) is 19.6. The van der Waals surface area contributed by atoms with Gasteiger partial charge in [0.25, 0.3) is 0 Å². The van der Waals surface area contributed by atoms with Gasteiger partial charge in [-0.05, 0) is 11.4 Å². The van der Waals surface area contributed by atoms with E-state index in [0.717, 1.165) is 4.88 Å². The van der Waals surface area contributed by atoms with Crippen molar-refractivity contribution in [2.45, 2.75) is 6.10 Å². The molecule has 1 atom stereocenters. The van der Waals surface area contributed by atoms with Gasteiger partial charge in [0.05, 0.1) is 0 Å². The van der Waals surface area contributed by atoms with Gasteiger partial charge in [-0.2, -0.15) is 0 Å². The third-order valence-corrected chi connectivity index (χ3v) is 3.19. The molecule has 0 aliphatic carbocycles. The Hall–Kier alpha value is -2.19. The molecule has 0 spiro atoms. The fraction of sp³-hybridized carbons (Fsp3) is 0.182. The number of amides is 2. The van der Waals surface area contributed by atoms with E-state index in [1.54, 1.807) is 12.1 Å². The van der Waals surface area contributed by atoms with Crippen LogP contribution < -0.4 is 10.6 Å². The number of hydrogen-bond acceptors (Lipinski definition) is 6. The summed E-state index contributed by atoms with van der Waals surface area (Å²) in [6, 6.07) is 4.95. The first-order valence-electron chi connectivity index (χ1n) is 5.38. The van der Waals surface area contributed by atoms with Gasteiger partial charge in [-0.25, -0.2) is 0 Å². The van der Waals surface area contributed by atoms with Gasteiger partial charge in [0.1, 0.15) is 12.4 Å². The second-order valence-corrected chi connectivity index (χ2v) is 4.56. The average molecular weight is 281 g/mol. The number of rotatable bonds is 4.